The first-order valence-corrected chi connectivity index (χ1v) is 7.20. The number of para-hydroxylation sites is 2. The molecule has 0 amide bonds. The fraction of sp³-hybridized carbons (Fsp3) is 0.429. The normalized spacial score (nSPS) is 12.3. The summed E-state index contributed by atoms with van der Waals surface area (Å²) in [6.07, 6.45) is 0. The van der Waals surface area contributed by atoms with Crippen molar-refractivity contribution in [1.82, 2.24) is 9.55 Å². The van der Waals surface area contributed by atoms with E-state index in [2.05, 4.69) is 4.98 Å². The quantitative estimate of drug-likeness (QED) is 0.796. The minimum atomic E-state index is -2.67. The molecule has 3 nitrogen and oxygen atoms in total. The number of fused-ring (bicyclic) bond motifs is 1. The van der Waals surface area contributed by atoms with Gasteiger partial charge in [-0.05, 0) is 12.1 Å². The van der Waals surface area contributed by atoms with Crippen LogP contribution in [0.1, 0.15) is 27.3 Å². The Morgan fingerprint density at radius 2 is 2.00 bits per heavy atom. The van der Waals surface area contributed by atoms with Crippen molar-refractivity contribution < 1.29 is 13.6 Å². The summed E-state index contributed by atoms with van der Waals surface area (Å²) < 4.78 is 27.2. The van der Waals surface area contributed by atoms with E-state index in [1.807, 2.05) is 20.8 Å². The minimum Gasteiger partial charge on any atom is -0.298 e. The smallest absolute Gasteiger partial charge is 0.298 e. The Hall–Kier alpha value is -1.43. The molecule has 6 heteroatoms. The number of ketones is 1. The first kappa shape index (κ1) is 15.0. The maximum atomic E-state index is 13.2. The van der Waals surface area contributed by atoms with Crippen LogP contribution in [0.3, 0.4) is 0 Å². The number of hydrogen-bond acceptors (Lipinski definition) is 3. The zero-order valence-electron chi connectivity index (χ0n) is 11.6. The maximum absolute atomic E-state index is 13.2. The molecule has 1 aromatic carbocycles. The zero-order valence-corrected chi connectivity index (χ0v) is 12.4. The van der Waals surface area contributed by atoms with Gasteiger partial charge in [0.2, 0.25) is 0 Å². The Morgan fingerprint density at radius 3 is 2.60 bits per heavy atom. The van der Waals surface area contributed by atoms with Gasteiger partial charge in [0.05, 0.1) is 16.8 Å². The van der Waals surface area contributed by atoms with E-state index in [0.717, 1.165) is 16.3 Å². The predicted molar refractivity (Wildman–Crippen MR) is 76.2 cm³/mol. The van der Waals surface area contributed by atoms with Crippen molar-refractivity contribution in [3.05, 3.63) is 24.3 Å². The van der Waals surface area contributed by atoms with Crippen molar-refractivity contribution in [2.75, 3.05) is 5.75 Å². The third kappa shape index (κ3) is 3.00. The first-order valence-electron chi connectivity index (χ1n) is 6.22. The lowest BCUT2D eigenvalue weighted by molar-refractivity contribution is -0.123. The number of halogens is 2. The second-order valence-electron chi connectivity index (χ2n) is 5.49. The molecule has 2 rings (SSSR count). The van der Waals surface area contributed by atoms with Crippen molar-refractivity contribution in [3.8, 4) is 0 Å². The number of imidazole rings is 1. The highest BCUT2D eigenvalue weighted by Crippen LogP contribution is 2.30. The van der Waals surface area contributed by atoms with Gasteiger partial charge in [0.15, 0.2) is 5.16 Å². The van der Waals surface area contributed by atoms with Crippen LogP contribution in [0.25, 0.3) is 11.0 Å². The van der Waals surface area contributed by atoms with Crippen LogP contribution >= 0.6 is 11.8 Å². The molecule has 0 fully saturated rings. The van der Waals surface area contributed by atoms with E-state index in [4.69, 9.17) is 0 Å². The predicted octanol–water partition coefficient (Wildman–Crippen LogP) is 4.14. The number of nitrogens with zero attached hydrogens (tertiary/aromatic N) is 2. The third-order valence-corrected chi connectivity index (χ3v) is 3.88. The Labute approximate surface area is 120 Å². The second-order valence-corrected chi connectivity index (χ2v) is 6.44. The molecule has 0 spiro atoms. The van der Waals surface area contributed by atoms with Crippen LogP contribution in [-0.4, -0.2) is 21.1 Å². The number of alkyl halides is 2. The monoisotopic (exact) mass is 298 g/mol. The van der Waals surface area contributed by atoms with E-state index < -0.39 is 12.0 Å². The lowest BCUT2D eigenvalue weighted by Gasteiger charge is -2.16. The van der Waals surface area contributed by atoms with Gasteiger partial charge >= 0.3 is 6.55 Å². The van der Waals surface area contributed by atoms with Crippen molar-refractivity contribution in [3.63, 3.8) is 0 Å². The van der Waals surface area contributed by atoms with Crippen molar-refractivity contribution in [2.45, 2.75) is 32.5 Å². The number of hydrogen-bond donors (Lipinski definition) is 0. The van der Waals surface area contributed by atoms with Crippen LogP contribution in [0.5, 0.6) is 0 Å². The summed E-state index contributed by atoms with van der Waals surface area (Å²) >= 11 is 1.06. The molecule has 0 saturated heterocycles. The zero-order chi connectivity index (χ0) is 14.9. The Balaban J connectivity index is 2.30. The van der Waals surface area contributed by atoms with Gasteiger partial charge < -0.3 is 0 Å². The van der Waals surface area contributed by atoms with E-state index in [1.54, 1.807) is 24.3 Å². The fourth-order valence-electron chi connectivity index (χ4n) is 1.66. The van der Waals surface area contributed by atoms with Crippen LogP contribution in [0, 0.1) is 5.41 Å². The van der Waals surface area contributed by atoms with Gasteiger partial charge in [0.1, 0.15) is 5.78 Å². The van der Waals surface area contributed by atoms with Crippen molar-refractivity contribution >= 4 is 28.6 Å². The van der Waals surface area contributed by atoms with E-state index >= 15 is 0 Å². The van der Waals surface area contributed by atoms with Crippen LogP contribution in [-0.2, 0) is 4.79 Å². The molecular weight excluding hydrogens is 282 g/mol. The van der Waals surface area contributed by atoms with Gasteiger partial charge in [0, 0.05) is 5.41 Å². The van der Waals surface area contributed by atoms with Gasteiger partial charge in [0.25, 0.3) is 0 Å². The minimum absolute atomic E-state index is 0.00960. The fourth-order valence-corrected chi connectivity index (χ4v) is 2.83. The summed E-state index contributed by atoms with van der Waals surface area (Å²) in [7, 11) is 0. The van der Waals surface area contributed by atoms with Gasteiger partial charge in [-0.3, -0.25) is 9.36 Å². The molecule has 0 saturated carbocycles. The summed E-state index contributed by atoms with van der Waals surface area (Å²) in [5, 5.41) is 0.179. The summed E-state index contributed by atoms with van der Waals surface area (Å²) in [5.74, 6) is 0.148. The molecule has 0 bridgehead atoms. The summed E-state index contributed by atoms with van der Waals surface area (Å²) in [5.41, 5.74) is 0.418. The molecule has 2 aromatic rings. The molecule has 0 radical (unpaired) electrons. The van der Waals surface area contributed by atoms with Gasteiger partial charge in [-0.25, -0.2) is 4.98 Å². The van der Waals surface area contributed by atoms with Crippen LogP contribution in [0.15, 0.2) is 29.4 Å². The Morgan fingerprint density at radius 1 is 1.35 bits per heavy atom. The average molecular weight is 298 g/mol. The lowest BCUT2D eigenvalue weighted by Crippen LogP contribution is -2.22. The number of aromatic nitrogens is 2. The first-order chi connectivity index (χ1) is 9.30. The standard InChI is InChI=1S/C14H16F2N2OS/c1-14(2,3)11(19)8-20-13-17-9-6-4-5-7-10(9)18(13)12(15)16/h4-7,12H,8H2,1-3H3. The summed E-state index contributed by atoms with van der Waals surface area (Å²) in [4.78, 5) is 16.1. The molecule has 0 aliphatic rings. The number of rotatable bonds is 4. The maximum Gasteiger partial charge on any atom is 0.321 e. The Bertz CT molecular complexity index is 632. The van der Waals surface area contributed by atoms with Crippen LogP contribution in [0.2, 0.25) is 0 Å². The van der Waals surface area contributed by atoms with Gasteiger partial charge in [-0.1, -0.05) is 44.7 Å². The van der Waals surface area contributed by atoms with Crippen molar-refractivity contribution in [2.24, 2.45) is 5.41 Å². The van der Waals surface area contributed by atoms with Crippen molar-refractivity contribution in [1.29, 1.82) is 0 Å². The molecule has 20 heavy (non-hydrogen) atoms. The van der Waals surface area contributed by atoms with Crippen LogP contribution in [0.4, 0.5) is 8.78 Å². The summed E-state index contributed by atoms with van der Waals surface area (Å²) in [6.45, 7) is 2.76. The molecule has 0 aliphatic carbocycles. The molecule has 0 atom stereocenters. The number of benzene rings is 1. The number of carbonyl (C=O) groups excluding carboxylic acids is 1. The highest BCUT2D eigenvalue weighted by Gasteiger charge is 2.23. The molecule has 1 heterocycles. The van der Waals surface area contributed by atoms with Gasteiger partial charge in [-0.15, -0.1) is 0 Å². The number of thioether (sulfide) groups is 1. The van der Waals surface area contributed by atoms with Crippen LogP contribution < -0.4 is 0 Å². The summed E-state index contributed by atoms with van der Waals surface area (Å²) in [6, 6.07) is 6.73. The molecule has 0 N–H and O–H groups in total. The second kappa shape index (κ2) is 5.52. The highest BCUT2D eigenvalue weighted by atomic mass is 32.2. The third-order valence-electron chi connectivity index (χ3n) is 2.93. The van der Waals surface area contributed by atoms with Gasteiger partial charge in [-0.2, -0.15) is 8.78 Å². The van der Waals surface area contributed by atoms with E-state index in [-0.39, 0.29) is 16.7 Å². The molecule has 1 aromatic heterocycles. The molecule has 0 unspecified atom stereocenters. The van der Waals surface area contributed by atoms with E-state index in [1.165, 1.54) is 0 Å². The van der Waals surface area contributed by atoms with E-state index in [0.29, 0.717) is 11.0 Å². The molecule has 108 valence electrons. The Kier molecular flexibility index (Phi) is 4.13. The molecular formula is C14H16F2N2OS. The lowest BCUT2D eigenvalue weighted by atomic mass is 9.92. The average Bonchev–Trinajstić information content (AvgIpc) is 2.72. The largest absolute Gasteiger partial charge is 0.321 e. The van der Waals surface area contributed by atoms with E-state index in [9.17, 15) is 13.6 Å². The number of carbonyl (C=O) groups is 1. The molecule has 0 aliphatic heterocycles. The topological polar surface area (TPSA) is 34.9 Å². The SMILES string of the molecule is CC(C)(C)C(=O)CSc1nc2ccccc2n1C(F)F. The number of Topliss-reactive ketones (excluding diaryl/α,β-unsaturated/α-hetero) is 1. The highest BCUT2D eigenvalue weighted by molar-refractivity contribution is 7.99.